The molecule has 29 heavy (non-hydrogen) atoms. The van der Waals surface area contributed by atoms with Crippen molar-refractivity contribution >= 4 is 45.7 Å². The summed E-state index contributed by atoms with van der Waals surface area (Å²) >= 11 is 0. The van der Waals surface area contributed by atoms with Crippen molar-refractivity contribution in [1.82, 2.24) is 0 Å². The Hall–Kier alpha value is -3.16. The van der Waals surface area contributed by atoms with E-state index in [1.165, 1.54) is 0 Å². The highest BCUT2D eigenvalue weighted by molar-refractivity contribution is 7.73. The molecule has 142 valence electrons. The summed E-state index contributed by atoms with van der Waals surface area (Å²) in [6.07, 6.45) is 0. The van der Waals surface area contributed by atoms with Gasteiger partial charge in [0.25, 0.3) is 0 Å². The first kappa shape index (κ1) is 17.9. The topological polar surface area (TPSA) is 43.4 Å². The molecule has 4 aromatic rings. The van der Waals surface area contributed by atoms with Crippen molar-refractivity contribution in [3.63, 3.8) is 0 Å². The van der Waals surface area contributed by atoms with Crippen LogP contribution in [0.25, 0.3) is 32.6 Å². The molecule has 4 heteroatoms. The van der Waals surface area contributed by atoms with Crippen LogP contribution in [0.2, 0.25) is 0 Å². The fraction of sp³-hybridized carbons (Fsp3) is 0.0800. The SMILES string of the molecule is CP(C)(=O)/C(=C1/OC(=O)c2cc3ccccc3cc21)c1cccc2ccccc12. The predicted octanol–water partition coefficient (Wildman–Crippen LogP) is 6.61. The Balaban J connectivity index is 1.89. The Bertz CT molecular complexity index is 1390. The Morgan fingerprint density at radius 3 is 2.03 bits per heavy atom. The second-order valence-electron chi connectivity index (χ2n) is 7.69. The van der Waals surface area contributed by atoms with E-state index in [1.54, 1.807) is 13.3 Å². The normalized spacial score (nSPS) is 15.4. The highest BCUT2D eigenvalue weighted by Crippen LogP contribution is 2.58. The van der Waals surface area contributed by atoms with Gasteiger partial charge in [0.05, 0.1) is 10.9 Å². The van der Waals surface area contributed by atoms with E-state index in [2.05, 4.69) is 0 Å². The van der Waals surface area contributed by atoms with Crippen LogP contribution in [0.3, 0.4) is 0 Å². The molecule has 1 aliphatic heterocycles. The molecular weight excluding hydrogens is 379 g/mol. The van der Waals surface area contributed by atoms with Crippen LogP contribution < -0.4 is 0 Å². The van der Waals surface area contributed by atoms with Gasteiger partial charge in [-0.1, -0.05) is 66.7 Å². The van der Waals surface area contributed by atoms with Crippen molar-refractivity contribution < 1.29 is 14.1 Å². The molecular formula is C25H19O3P. The molecule has 0 N–H and O–H groups in total. The number of carbonyl (C=O) groups excluding carboxylic acids is 1. The minimum atomic E-state index is -2.79. The van der Waals surface area contributed by atoms with Gasteiger partial charge in [-0.05, 0) is 52.6 Å². The Labute approximate surface area is 169 Å². The van der Waals surface area contributed by atoms with Gasteiger partial charge in [-0.15, -0.1) is 0 Å². The molecule has 0 saturated heterocycles. The van der Waals surface area contributed by atoms with Crippen LogP contribution in [0.4, 0.5) is 0 Å². The van der Waals surface area contributed by atoms with E-state index in [1.807, 2.05) is 78.9 Å². The molecule has 1 aliphatic rings. The summed E-state index contributed by atoms with van der Waals surface area (Å²) < 4.78 is 19.2. The highest BCUT2D eigenvalue weighted by Gasteiger charge is 2.34. The third kappa shape index (κ3) is 2.90. The molecule has 0 bridgehead atoms. The number of fused-ring (bicyclic) bond motifs is 3. The summed E-state index contributed by atoms with van der Waals surface area (Å²) in [6.45, 7) is 3.45. The average molecular weight is 398 g/mol. The minimum Gasteiger partial charge on any atom is -0.421 e. The molecule has 0 unspecified atom stereocenters. The fourth-order valence-corrected chi connectivity index (χ4v) is 5.49. The number of hydrogen-bond acceptors (Lipinski definition) is 3. The molecule has 0 atom stereocenters. The van der Waals surface area contributed by atoms with Gasteiger partial charge in [-0.2, -0.15) is 0 Å². The highest BCUT2D eigenvalue weighted by atomic mass is 31.2. The first-order chi connectivity index (χ1) is 13.9. The summed E-state index contributed by atoms with van der Waals surface area (Å²) in [7, 11) is -2.79. The quantitative estimate of drug-likeness (QED) is 0.282. The first-order valence-electron chi connectivity index (χ1n) is 9.47. The standard InChI is InChI=1S/C25H19O3P/c1-29(2,27)24(20-13-7-11-16-8-5-6-12-19(16)20)23-21-14-17-9-3-4-10-18(17)15-22(21)25(26)28-23/h3-15H,1-2H3/b24-23+. The monoisotopic (exact) mass is 398 g/mol. The van der Waals surface area contributed by atoms with Gasteiger partial charge >= 0.3 is 5.97 Å². The molecule has 0 aromatic heterocycles. The molecule has 4 aromatic carbocycles. The van der Waals surface area contributed by atoms with Crippen molar-refractivity contribution in [2.75, 3.05) is 13.3 Å². The second-order valence-corrected chi connectivity index (χ2v) is 10.8. The summed E-state index contributed by atoms with van der Waals surface area (Å²) in [5.41, 5.74) is 2.07. The van der Waals surface area contributed by atoms with Crippen LogP contribution in [0, 0.1) is 0 Å². The van der Waals surface area contributed by atoms with Crippen molar-refractivity contribution in [1.29, 1.82) is 0 Å². The largest absolute Gasteiger partial charge is 0.421 e. The maximum Gasteiger partial charge on any atom is 0.344 e. The second kappa shape index (κ2) is 6.43. The number of ether oxygens (including phenoxy) is 1. The van der Waals surface area contributed by atoms with Crippen molar-refractivity contribution in [2.24, 2.45) is 0 Å². The minimum absolute atomic E-state index is 0.396. The van der Waals surface area contributed by atoms with Crippen LogP contribution in [0.5, 0.6) is 0 Å². The molecule has 3 nitrogen and oxygen atoms in total. The van der Waals surface area contributed by atoms with Gasteiger partial charge in [-0.25, -0.2) is 4.79 Å². The number of carbonyl (C=O) groups is 1. The lowest BCUT2D eigenvalue weighted by molar-refractivity contribution is 0.0717. The summed E-state index contributed by atoms with van der Waals surface area (Å²) in [5, 5.41) is 4.65. The predicted molar refractivity (Wildman–Crippen MR) is 120 cm³/mol. The number of esters is 1. The summed E-state index contributed by atoms with van der Waals surface area (Å²) in [6, 6.07) is 25.6. The molecule has 1 heterocycles. The van der Waals surface area contributed by atoms with E-state index < -0.39 is 13.1 Å². The number of hydrogen-bond donors (Lipinski definition) is 0. The van der Waals surface area contributed by atoms with Gasteiger partial charge in [0, 0.05) is 5.56 Å². The first-order valence-corrected chi connectivity index (χ1v) is 12.1. The molecule has 0 amide bonds. The molecule has 0 spiro atoms. The molecule has 5 rings (SSSR count). The molecule has 0 aliphatic carbocycles. The zero-order valence-electron chi connectivity index (χ0n) is 16.2. The molecule has 0 saturated carbocycles. The van der Waals surface area contributed by atoms with E-state index in [4.69, 9.17) is 4.74 Å². The van der Waals surface area contributed by atoms with Gasteiger partial charge in [0.15, 0.2) is 5.76 Å². The molecule has 0 radical (unpaired) electrons. The fourth-order valence-electron chi connectivity index (χ4n) is 4.06. The maximum atomic E-state index is 13.5. The van der Waals surface area contributed by atoms with Crippen LogP contribution >= 0.6 is 7.14 Å². The van der Waals surface area contributed by atoms with E-state index >= 15 is 0 Å². The van der Waals surface area contributed by atoms with Crippen LogP contribution in [0.15, 0.2) is 78.9 Å². The van der Waals surface area contributed by atoms with Gasteiger partial charge in [0.1, 0.15) is 7.14 Å². The van der Waals surface area contributed by atoms with Crippen LogP contribution in [-0.4, -0.2) is 19.3 Å². The lowest BCUT2D eigenvalue weighted by Gasteiger charge is -2.18. The van der Waals surface area contributed by atoms with E-state index in [9.17, 15) is 9.36 Å². The van der Waals surface area contributed by atoms with Gasteiger partial charge < -0.3 is 9.30 Å². The molecule has 0 fully saturated rings. The van der Waals surface area contributed by atoms with Crippen LogP contribution in [-0.2, 0) is 9.30 Å². The van der Waals surface area contributed by atoms with E-state index in [0.29, 0.717) is 22.2 Å². The average Bonchev–Trinajstić information content (AvgIpc) is 3.01. The lowest BCUT2D eigenvalue weighted by atomic mass is 9.99. The van der Waals surface area contributed by atoms with Crippen molar-refractivity contribution in [3.8, 4) is 0 Å². The Morgan fingerprint density at radius 2 is 1.34 bits per heavy atom. The van der Waals surface area contributed by atoms with Gasteiger partial charge in [0.2, 0.25) is 0 Å². The number of rotatable bonds is 2. The third-order valence-electron chi connectivity index (χ3n) is 5.34. The summed E-state index contributed by atoms with van der Waals surface area (Å²) in [4.78, 5) is 12.7. The zero-order chi connectivity index (χ0) is 20.2. The Kier molecular flexibility index (Phi) is 3.97. The number of cyclic esters (lactones) is 1. The van der Waals surface area contributed by atoms with Crippen LogP contribution in [0.1, 0.15) is 21.5 Å². The van der Waals surface area contributed by atoms with Gasteiger partial charge in [-0.3, -0.25) is 0 Å². The van der Waals surface area contributed by atoms with Crippen molar-refractivity contribution in [2.45, 2.75) is 0 Å². The van der Waals surface area contributed by atoms with Crippen molar-refractivity contribution in [3.05, 3.63) is 95.6 Å². The smallest absolute Gasteiger partial charge is 0.344 e. The zero-order valence-corrected chi connectivity index (χ0v) is 17.1. The van der Waals surface area contributed by atoms with E-state index in [0.717, 1.165) is 27.1 Å². The maximum absolute atomic E-state index is 13.5. The lowest BCUT2D eigenvalue weighted by Crippen LogP contribution is -1.96. The third-order valence-corrected chi connectivity index (χ3v) is 6.86. The van der Waals surface area contributed by atoms with E-state index in [-0.39, 0.29) is 0 Å². The summed E-state index contributed by atoms with van der Waals surface area (Å²) in [5.74, 6) is 0.0207. The Morgan fingerprint density at radius 1 is 0.759 bits per heavy atom. The number of benzene rings is 4.